The molecule has 1 aromatic heterocycles. The van der Waals surface area contributed by atoms with Crippen LogP contribution < -0.4 is 31.5 Å². The van der Waals surface area contributed by atoms with E-state index in [1.54, 1.807) is 13.3 Å². The van der Waals surface area contributed by atoms with Gasteiger partial charge in [-0.1, -0.05) is 72.8 Å². The van der Waals surface area contributed by atoms with Gasteiger partial charge in [-0.3, -0.25) is 0 Å². The summed E-state index contributed by atoms with van der Waals surface area (Å²) < 4.78 is 11.8. The standard InChI is InChI=1S/C35H29N3O2P/c1-39-29-24-22-27(23-25-29)26-36-38-34-35(37-33(40-34)28-14-6-2-7-15-28)41(30-16-8-3-9-17-30,31-18-10-4-11-19-31)32-20-12-5-13-21-32/h2-26,38H,1H3/q+1/b36-26+. The third kappa shape index (κ3) is 5.28. The number of oxazole rings is 1. The molecule has 0 aliphatic carbocycles. The first kappa shape index (κ1) is 26.2. The maximum atomic E-state index is 6.52. The van der Waals surface area contributed by atoms with Gasteiger partial charge in [-0.05, 0) is 78.4 Å². The van der Waals surface area contributed by atoms with Crippen molar-refractivity contribution in [3.63, 3.8) is 0 Å². The van der Waals surface area contributed by atoms with Crippen LogP contribution in [0, 0.1) is 0 Å². The highest BCUT2D eigenvalue weighted by Gasteiger charge is 2.53. The smallest absolute Gasteiger partial charge is 0.280 e. The molecule has 6 heteroatoms. The van der Waals surface area contributed by atoms with E-state index in [1.165, 1.54) is 15.9 Å². The molecule has 41 heavy (non-hydrogen) atoms. The third-order valence-corrected chi connectivity index (χ3v) is 11.0. The molecule has 0 bridgehead atoms. The second kappa shape index (κ2) is 12.0. The van der Waals surface area contributed by atoms with Gasteiger partial charge in [-0.25, -0.2) is 5.43 Å². The Kier molecular flexibility index (Phi) is 7.70. The number of benzene rings is 5. The van der Waals surface area contributed by atoms with Crippen molar-refractivity contribution in [2.45, 2.75) is 0 Å². The SMILES string of the molecule is COc1ccc(/C=N/Nc2oc(-c3ccccc3)nc2[P+](c2ccccc2)(c2ccccc2)c2ccccc2)cc1. The lowest BCUT2D eigenvalue weighted by Gasteiger charge is -2.25. The molecule has 0 radical (unpaired) electrons. The second-order valence-corrected chi connectivity index (χ2v) is 12.7. The molecule has 0 aliphatic heterocycles. The maximum absolute atomic E-state index is 6.52. The predicted octanol–water partition coefficient (Wildman–Crippen LogP) is 6.42. The van der Waals surface area contributed by atoms with Crippen molar-refractivity contribution in [2.75, 3.05) is 12.5 Å². The Morgan fingerprint density at radius 1 is 0.659 bits per heavy atom. The van der Waals surface area contributed by atoms with Crippen LogP contribution in [-0.4, -0.2) is 18.3 Å². The molecule has 0 unspecified atom stereocenters. The fourth-order valence-electron chi connectivity index (χ4n) is 4.94. The number of anilines is 1. The van der Waals surface area contributed by atoms with Crippen molar-refractivity contribution in [2.24, 2.45) is 5.10 Å². The summed E-state index contributed by atoms with van der Waals surface area (Å²) in [6.07, 6.45) is 1.77. The van der Waals surface area contributed by atoms with Crippen molar-refractivity contribution in [3.8, 4) is 17.2 Å². The minimum Gasteiger partial charge on any atom is -0.497 e. The van der Waals surface area contributed by atoms with Crippen LogP contribution in [-0.2, 0) is 0 Å². The number of ether oxygens (including phenoxy) is 1. The summed E-state index contributed by atoms with van der Waals surface area (Å²) >= 11 is 0. The predicted molar refractivity (Wildman–Crippen MR) is 171 cm³/mol. The average Bonchev–Trinajstić information content (AvgIpc) is 3.48. The summed E-state index contributed by atoms with van der Waals surface area (Å²) in [5.74, 6) is 1.84. The Bertz CT molecular complexity index is 1620. The number of nitrogens with zero attached hydrogens (tertiary/aromatic N) is 2. The largest absolute Gasteiger partial charge is 0.497 e. The van der Waals surface area contributed by atoms with Crippen molar-refractivity contribution in [3.05, 3.63) is 151 Å². The number of aromatic nitrogens is 1. The molecule has 5 aromatic carbocycles. The van der Waals surface area contributed by atoms with E-state index >= 15 is 0 Å². The van der Waals surface area contributed by atoms with Crippen LogP contribution in [0.1, 0.15) is 5.56 Å². The lowest BCUT2D eigenvalue weighted by Crippen LogP contribution is -2.40. The molecule has 0 amide bonds. The van der Waals surface area contributed by atoms with Gasteiger partial charge in [0.05, 0.1) is 13.3 Å². The molecule has 1 N–H and O–H groups in total. The average molecular weight is 555 g/mol. The van der Waals surface area contributed by atoms with E-state index in [0.29, 0.717) is 11.8 Å². The zero-order chi connectivity index (χ0) is 27.9. The fourth-order valence-corrected chi connectivity index (χ4v) is 9.07. The van der Waals surface area contributed by atoms with Crippen LogP contribution in [0.15, 0.2) is 155 Å². The van der Waals surface area contributed by atoms with Gasteiger partial charge in [0.1, 0.15) is 21.7 Å². The zero-order valence-corrected chi connectivity index (χ0v) is 23.5. The number of nitrogens with one attached hydrogen (secondary N) is 1. The summed E-state index contributed by atoms with van der Waals surface area (Å²) in [4.78, 5) is 5.26. The number of methoxy groups -OCH3 is 1. The third-order valence-electron chi connectivity index (χ3n) is 6.87. The molecular formula is C35H29N3O2P+. The number of hydrazone groups is 1. The van der Waals surface area contributed by atoms with Crippen LogP contribution in [0.4, 0.5) is 5.88 Å². The highest BCUT2D eigenvalue weighted by atomic mass is 31.2. The van der Waals surface area contributed by atoms with E-state index in [-0.39, 0.29) is 0 Å². The van der Waals surface area contributed by atoms with Crippen LogP contribution in [0.5, 0.6) is 5.75 Å². The Hall–Kier alpha value is -4.99. The molecule has 0 saturated carbocycles. The maximum Gasteiger partial charge on any atom is 0.280 e. The van der Waals surface area contributed by atoms with E-state index in [4.69, 9.17) is 14.1 Å². The summed E-state index contributed by atoms with van der Waals surface area (Å²) in [5, 5.41) is 8.12. The first-order valence-corrected chi connectivity index (χ1v) is 15.1. The van der Waals surface area contributed by atoms with Crippen molar-refractivity contribution in [1.82, 2.24) is 4.98 Å². The number of hydrogen-bond acceptors (Lipinski definition) is 5. The molecule has 0 saturated heterocycles. The Labute approximate surface area is 240 Å². The van der Waals surface area contributed by atoms with Gasteiger partial charge >= 0.3 is 0 Å². The monoisotopic (exact) mass is 554 g/mol. The Balaban J connectivity index is 1.58. The minimum atomic E-state index is -2.52. The normalized spacial score (nSPS) is 11.4. The summed E-state index contributed by atoms with van der Waals surface area (Å²) in [5.41, 5.74) is 5.88. The zero-order valence-electron chi connectivity index (χ0n) is 22.6. The summed E-state index contributed by atoms with van der Waals surface area (Å²) in [7, 11) is -0.869. The van der Waals surface area contributed by atoms with Gasteiger partial charge in [0.15, 0.2) is 7.26 Å². The molecule has 5 nitrogen and oxygen atoms in total. The Morgan fingerprint density at radius 2 is 1.15 bits per heavy atom. The summed E-state index contributed by atoms with van der Waals surface area (Å²) in [6.45, 7) is 0. The molecule has 6 aromatic rings. The number of hydrogen-bond donors (Lipinski definition) is 1. The Morgan fingerprint density at radius 3 is 1.63 bits per heavy atom. The van der Waals surface area contributed by atoms with Gasteiger partial charge in [0, 0.05) is 5.56 Å². The van der Waals surface area contributed by atoms with Crippen LogP contribution in [0.3, 0.4) is 0 Å². The molecule has 0 aliphatic rings. The van der Waals surface area contributed by atoms with Crippen LogP contribution in [0.25, 0.3) is 11.5 Å². The molecular weight excluding hydrogens is 525 g/mol. The van der Waals surface area contributed by atoms with Crippen LogP contribution in [0.2, 0.25) is 0 Å². The molecule has 0 spiro atoms. The van der Waals surface area contributed by atoms with E-state index in [0.717, 1.165) is 22.3 Å². The first-order valence-electron chi connectivity index (χ1n) is 13.3. The van der Waals surface area contributed by atoms with E-state index in [1.807, 2.05) is 72.8 Å². The van der Waals surface area contributed by atoms with Gasteiger partial charge in [0.25, 0.3) is 11.3 Å². The first-order chi connectivity index (χ1) is 20.3. The fraction of sp³-hybridized carbons (Fsp3) is 0.0286. The van der Waals surface area contributed by atoms with Gasteiger partial charge in [-0.2, -0.15) is 10.1 Å². The topological polar surface area (TPSA) is 59.6 Å². The lowest BCUT2D eigenvalue weighted by atomic mass is 10.2. The molecule has 1 heterocycles. The second-order valence-electron chi connectivity index (χ2n) is 9.36. The van der Waals surface area contributed by atoms with E-state index in [2.05, 4.69) is 83.3 Å². The van der Waals surface area contributed by atoms with Crippen LogP contribution >= 0.6 is 7.26 Å². The molecule has 6 rings (SSSR count). The van der Waals surface area contributed by atoms with Gasteiger partial charge in [0.2, 0.25) is 5.89 Å². The molecule has 0 atom stereocenters. The van der Waals surface area contributed by atoms with Crippen molar-refractivity contribution < 1.29 is 9.15 Å². The number of rotatable bonds is 9. The van der Waals surface area contributed by atoms with E-state index < -0.39 is 7.26 Å². The van der Waals surface area contributed by atoms with Gasteiger partial charge < -0.3 is 9.15 Å². The quantitative estimate of drug-likeness (QED) is 0.127. The lowest BCUT2D eigenvalue weighted by molar-refractivity contribution is 0.415. The highest BCUT2D eigenvalue weighted by molar-refractivity contribution is 8.01. The van der Waals surface area contributed by atoms with Crippen molar-refractivity contribution >= 4 is 40.7 Å². The van der Waals surface area contributed by atoms with Gasteiger partial charge in [-0.15, -0.1) is 0 Å². The minimum absolute atomic E-state index is 0.513. The molecule has 0 fully saturated rings. The highest BCUT2D eigenvalue weighted by Crippen LogP contribution is 2.55. The summed E-state index contributed by atoms with van der Waals surface area (Å²) in [6, 6.07) is 49.5. The molecule has 200 valence electrons. The van der Waals surface area contributed by atoms with E-state index in [9.17, 15) is 0 Å². The van der Waals surface area contributed by atoms with Crippen molar-refractivity contribution in [1.29, 1.82) is 0 Å².